The molecule has 0 aromatic heterocycles. The standard InChI is InChI=1S/C10H9Br3O3/c1-2-4-3-5(9(16)10(12)13)8(15)6(11)7(4)14/h3,10,14-15H,2H2,1H3. The number of halogens is 3. The number of ketones is 1. The number of carbonyl (C=O) groups excluding carboxylic acids is 1. The van der Waals surface area contributed by atoms with Crippen molar-refractivity contribution in [3.8, 4) is 11.5 Å². The van der Waals surface area contributed by atoms with Crippen LogP contribution in [0.5, 0.6) is 11.5 Å². The van der Waals surface area contributed by atoms with Gasteiger partial charge in [0.1, 0.15) is 19.7 Å². The molecule has 0 heterocycles. The molecule has 0 aliphatic rings. The van der Waals surface area contributed by atoms with Crippen molar-refractivity contribution in [2.24, 2.45) is 0 Å². The first-order valence-corrected chi connectivity index (χ1v) is 7.08. The SMILES string of the molecule is CCc1cc(C(=O)C(Br)Br)c(O)c(Br)c1O. The molecule has 0 spiro atoms. The number of aromatic hydroxyl groups is 2. The van der Waals surface area contributed by atoms with E-state index in [4.69, 9.17) is 0 Å². The van der Waals surface area contributed by atoms with Crippen LogP contribution in [-0.4, -0.2) is 19.7 Å². The quantitative estimate of drug-likeness (QED) is 0.583. The van der Waals surface area contributed by atoms with E-state index >= 15 is 0 Å². The molecule has 0 unspecified atom stereocenters. The van der Waals surface area contributed by atoms with Gasteiger partial charge >= 0.3 is 0 Å². The molecule has 0 atom stereocenters. The summed E-state index contributed by atoms with van der Waals surface area (Å²) in [6.07, 6.45) is 0.570. The van der Waals surface area contributed by atoms with Crippen LogP contribution in [0.25, 0.3) is 0 Å². The van der Waals surface area contributed by atoms with Crippen LogP contribution in [0.4, 0.5) is 0 Å². The lowest BCUT2D eigenvalue weighted by atomic mass is 10.0. The van der Waals surface area contributed by atoms with Gasteiger partial charge in [-0.2, -0.15) is 0 Å². The first-order valence-electron chi connectivity index (χ1n) is 4.45. The van der Waals surface area contributed by atoms with Crippen molar-refractivity contribution in [1.82, 2.24) is 0 Å². The molecule has 1 aromatic rings. The second-order valence-electron chi connectivity index (χ2n) is 3.11. The summed E-state index contributed by atoms with van der Waals surface area (Å²) in [6, 6.07) is 1.49. The van der Waals surface area contributed by atoms with Crippen molar-refractivity contribution in [3.63, 3.8) is 0 Å². The summed E-state index contributed by atoms with van der Waals surface area (Å²) in [4.78, 5) is 11.7. The second-order valence-corrected chi connectivity index (χ2v) is 6.97. The van der Waals surface area contributed by atoms with E-state index < -0.39 is 3.74 Å². The molecule has 88 valence electrons. The van der Waals surface area contributed by atoms with E-state index in [0.717, 1.165) is 0 Å². The van der Waals surface area contributed by atoms with Crippen LogP contribution in [0.3, 0.4) is 0 Å². The Balaban J connectivity index is 3.41. The molecule has 0 aliphatic carbocycles. The summed E-state index contributed by atoms with van der Waals surface area (Å²) in [5.41, 5.74) is 0.772. The Morgan fingerprint density at radius 2 is 1.94 bits per heavy atom. The predicted molar refractivity (Wildman–Crippen MR) is 72.8 cm³/mol. The lowest BCUT2D eigenvalue weighted by Crippen LogP contribution is -2.08. The van der Waals surface area contributed by atoms with Crippen molar-refractivity contribution < 1.29 is 15.0 Å². The van der Waals surface area contributed by atoms with Crippen LogP contribution in [0.2, 0.25) is 0 Å². The fraction of sp³-hybridized carbons (Fsp3) is 0.300. The van der Waals surface area contributed by atoms with E-state index in [-0.39, 0.29) is 27.3 Å². The van der Waals surface area contributed by atoms with E-state index in [1.54, 1.807) is 0 Å². The van der Waals surface area contributed by atoms with Gasteiger partial charge in [0.05, 0.1) is 5.56 Å². The van der Waals surface area contributed by atoms with Crippen LogP contribution in [0.1, 0.15) is 22.8 Å². The largest absolute Gasteiger partial charge is 0.506 e. The summed E-state index contributed by atoms with van der Waals surface area (Å²) in [6.45, 7) is 1.85. The van der Waals surface area contributed by atoms with Crippen LogP contribution >= 0.6 is 47.8 Å². The Kier molecular flexibility index (Phi) is 4.82. The fourth-order valence-corrected chi connectivity index (χ4v) is 2.22. The molecule has 0 saturated carbocycles. The molecular formula is C10H9Br3O3. The molecule has 6 heteroatoms. The minimum Gasteiger partial charge on any atom is -0.506 e. The second kappa shape index (κ2) is 5.51. The monoisotopic (exact) mass is 414 g/mol. The summed E-state index contributed by atoms with van der Waals surface area (Å²) in [5, 5.41) is 19.4. The number of phenolic OH excluding ortho intramolecular Hbond substituents is 2. The maximum Gasteiger partial charge on any atom is 0.190 e. The zero-order valence-electron chi connectivity index (χ0n) is 8.30. The summed E-state index contributed by atoms with van der Waals surface area (Å²) >= 11 is 9.21. The van der Waals surface area contributed by atoms with Gasteiger partial charge in [-0.05, 0) is 34.0 Å². The maximum absolute atomic E-state index is 11.7. The Labute approximate surface area is 118 Å². The van der Waals surface area contributed by atoms with Crippen LogP contribution < -0.4 is 0 Å². The third-order valence-corrected chi connectivity index (χ3v) is 3.72. The van der Waals surface area contributed by atoms with E-state index in [1.165, 1.54) is 6.07 Å². The van der Waals surface area contributed by atoms with Gasteiger partial charge in [-0.1, -0.05) is 38.8 Å². The molecular weight excluding hydrogens is 408 g/mol. The molecule has 0 aliphatic heterocycles. The van der Waals surface area contributed by atoms with Crippen molar-refractivity contribution >= 4 is 53.6 Å². The molecule has 3 nitrogen and oxygen atoms in total. The number of phenols is 2. The van der Waals surface area contributed by atoms with Crippen LogP contribution in [-0.2, 0) is 6.42 Å². The normalized spacial score (nSPS) is 10.8. The topological polar surface area (TPSA) is 57.5 Å². The van der Waals surface area contributed by atoms with Crippen LogP contribution in [0, 0.1) is 0 Å². The van der Waals surface area contributed by atoms with Gasteiger partial charge in [-0.25, -0.2) is 0 Å². The van der Waals surface area contributed by atoms with Gasteiger partial charge in [0.25, 0.3) is 0 Å². The number of Topliss-reactive ketones (excluding diaryl/α,β-unsaturated/α-hetero) is 1. The molecule has 1 aromatic carbocycles. The Morgan fingerprint density at radius 1 is 1.38 bits per heavy atom. The van der Waals surface area contributed by atoms with Gasteiger partial charge in [0.2, 0.25) is 0 Å². The molecule has 1 rings (SSSR count). The van der Waals surface area contributed by atoms with E-state index in [0.29, 0.717) is 12.0 Å². The van der Waals surface area contributed by atoms with Crippen molar-refractivity contribution in [3.05, 3.63) is 21.7 Å². The Morgan fingerprint density at radius 3 is 2.38 bits per heavy atom. The average Bonchev–Trinajstić information content (AvgIpc) is 2.25. The van der Waals surface area contributed by atoms with Gasteiger partial charge < -0.3 is 10.2 Å². The van der Waals surface area contributed by atoms with Gasteiger partial charge in [0, 0.05) is 0 Å². The third-order valence-electron chi connectivity index (χ3n) is 2.14. The van der Waals surface area contributed by atoms with Crippen LogP contribution in [0.15, 0.2) is 10.5 Å². The van der Waals surface area contributed by atoms with Gasteiger partial charge in [-0.15, -0.1) is 0 Å². The van der Waals surface area contributed by atoms with Gasteiger partial charge in [0.15, 0.2) is 5.78 Å². The molecule has 0 bridgehead atoms. The lowest BCUT2D eigenvalue weighted by Gasteiger charge is -2.11. The summed E-state index contributed by atoms with van der Waals surface area (Å²) in [7, 11) is 0. The van der Waals surface area contributed by atoms with E-state index in [2.05, 4.69) is 47.8 Å². The number of aryl methyl sites for hydroxylation is 1. The Hall–Kier alpha value is -0.0700. The number of hydrogen-bond acceptors (Lipinski definition) is 3. The zero-order chi connectivity index (χ0) is 12.5. The number of rotatable bonds is 3. The Bertz CT molecular complexity index is 430. The summed E-state index contributed by atoms with van der Waals surface area (Å²) in [5.74, 6) is -0.575. The highest BCUT2D eigenvalue weighted by molar-refractivity contribution is 9.25. The van der Waals surface area contributed by atoms with Crippen molar-refractivity contribution in [2.75, 3.05) is 0 Å². The third kappa shape index (κ3) is 2.60. The molecule has 0 fully saturated rings. The molecule has 2 N–H and O–H groups in total. The lowest BCUT2D eigenvalue weighted by molar-refractivity contribution is 0.101. The van der Waals surface area contributed by atoms with Crippen molar-refractivity contribution in [2.45, 2.75) is 17.1 Å². The molecule has 0 radical (unpaired) electrons. The average molecular weight is 417 g/mol. The smallest absolute Gasteiger partial charge is 0.190 e. The zero-order valence-corrected chi connectivity index (χ0v) is 13.1. The minimum absolute atomic E-state index is 0.0303. The van der Waals surface area contributed by atoms with Gasteiger partial charge in [-0.3, -0.25) is 4.79 Å². The number of carbonyl (C=O) groups is 1. The molecule has 0 amide bonds. The van der Waals surface area contributed by atoms with Crippen molar-refractivity contribution in [1.29, 1.82) is 0 Å². The molecule has 0 saturated heterocycles. The minimum atomic E-state index is -0.563. The van der Waals surface area contributed by atoms with E-state index in [1.807, 2.05) is 6.92 Å². The predicted octanol–water partition coefficient (Wildman–Crippen LogP) is 3.72. The number of hydrogen-bond donors (Lipinski definition) is 2. The highest BCUT2D eigenvalue weighted by atomic mass is 79.9. The highest BCUT2D eigenvalue weighted by Crippen LogP contribution is 2.40. The first kappa shape index (κ1) is 14.0. The van der Waals surface area contributed by atoms with E-state index in [9.17, 15) is 15.0 Å². The maximum atomic E-state index is 11.7. The molecule has 16 heavy (non-hydrogen) atoms. The fourth-order valence-electron chi connectivity index (χ4n) is 1.26. The first-order chi connectivity index (χ1) is 7.40. The number of alkyl halides is 2. The number of benzene rings is 1. The highest BCUT2D eigenvalue weighted by Gasteiger charge is 2.22. The summed E-state index contributed by atoms with van der Waals surface area (Å²) < 4.78 is -0.414.